The molecule has 0 aliphatic rings. The van der Waals surface area contributed by atoms with Gasteiger partial charge in [-0.15, -0.1) is 0 Å². The lowest BCUT2D eigenvalue weighted by Crippen LogP contribution is -2.26. The van der Waals surface area contributed by atoms with Gasteiger partial charge in [0, 0.05) is 18.8 Å². The summed E-state index contributed by atoms with van der Waals surface area (Å²) in [5, 5.41) is 3.41. The van der Waals surface area contributed by atoms with Gasteiger partial charge in [0.2, 0.25) is 0 Å². The van der Waals surface area contributed by atoms with Gasteiger partial charge < -0.3 is 9.88 Å². The summed E-state index contributed by atoms with van der Waals surface area (Å²) >= 11 is 0. The summed E-state index contributed by atoms with van der Waals surface area (Å²) in [6.45, 7) is 4.37. The molecule has 2 aromatic rings. The molecule has 0 amide bonds. The van der Waals surface area contributed by atoms with Crippen molar-refractivity contribution in [2.45, 2.75) is 32.4 Å². The van der Waals surface area contributed by atoms with Crippen LogP contribution in [0.2, 0.25) is 0 Å². The number of benzene rings is 1. The first-order valence-electron chi connectivity index (χ1n) is 6.51. The van der Waals surface area contributed by atoms with Crippen LogP contribution in [0, 0.1) is 0 Å². The Morgan fingerprint density at radius 1 is 1.28 bits per heavy atom. The highest BCUT2D eigenvalue weighted by molar-refractivity contribution is 5.20. The topological polar surface area (TPSA) is 29.9 Å². The second-order valence-electron chi connectivity index (χ2n) is 4.52. The molecule has 0 radical (unpaired) electrons. The SMILES string of the molecule is CCc1nccn1C(C)C(NC)c1ccccc1. The van der Waals surface area contributed by atoms with Crippen molar-refractivity contribution in [1.82, 2.24) is 14.9 Å². The molecule has 2 atom stereocenters. The lowest BCUT2D eigenvalue weighted by Gasteiger charge is -2.26. The molecule has 0 saturated heterocycles. The fourth-order valence-corrected chi connectivity index (χ4v) is 2.50. The summed E-state index contributed by atoms with van der Waals surface area (Å²) in [5.74, 6) is 1.14. The van der Waals surface area contributed by atoms with Crippen LogP contribution in [0.3, 0.4) is 0 Å². The van der Waals surface area contributed by atoms with E-state index in [1.807, 2.05) is 13.2 Å². The molecule has 18 heavy (non-hydrogen) atoms. The van der Waals surface area contributed by atoms with Gasteiger partial charge in [0.25, 0.3) is 0 Å². The molecule has 3 heteroatoms. The van der Waals surface area contributed by atoms with Gasteiger partial charge in [-0.2, -0.15) is 0 Å². The number of likely N-dealkylation sites (N-methyl/N-ethyl adjacent to an activating group) is 1. The molecule has 1 N–H and O–H groups in total. The van der Waals surface area contributed by atoms with Gasteiger partial charge in [-0.3, -0.25) is 0 Å². The second-order valence-corrected chi connectivity index (χ2v) is 4.52. The molecule has 3 nitrogen and oxygen atoms in total. The quantitative estimate of drug-likeness (QED) is 0.875. The van der Waals surface area contributed by atoms with E-state index in [9.17, 15) is 0 Å². The third-order valence-electron chi connectivity index (χ3n) is 3.46. The van der Waals surface area contributed by atoms with Crippen molar-refractivity contribution in [2.24, 2.45) is 0 Å². The summed E-state index contributed by atoms with van der Waals surface area (Å²) < 4.78 is 2.26. The zero-order valence-electron chi connectivity index (χ0n) is 11.3. The highest BCUT2D eigenvalue weighted by Crippen LogP contribution is 2.26. The van der Waals surface area contributed by atoms with E-state index in [4.69, 9.17) is 0 Å². The van der Waals surface area contributed by atoms with Gasteiger partial charge in [-0.25, -0.2) is 4.98 Å². The first-order chi connectivity index (χ1) is 8.77. The average molecular weight is 243 g/mol. The molecule has 1 aromatic carbocycles. The summed E-state index contributed by atoms with van der Waals surface area (Å²) in [7, 11) is 2.01. The van der Waals surface area contributed by atoms with Crippen molar-refractivity contribution in [3.63, 3.8) is 0 Å². The Kier molecular flexibility index (Phi) is 4.15. The highest BCUT2D eigenvalue weighted by atomic mass is 15.1. The molecule has 0 fully saturated rings. The van der Waals surface area contributed by atoms with E-state index in [1.54, 1.807) is 0 Å². The molecule has 0 saturated carbocycles. The largest absolute Gasteiger partial charge is 0.330 e. The zero-order valence-corrected chi connectivity index (χ0v) is 11.3. The van der Waals surface area contributed by atoms with Crippen molar-refractivity contribution in [3.05, 3.63) is 54.1 Å². The fourth-order valence-electron chi connectivity index (χ4n) is 2.50. The first-order valence-corrected chi connectivity index (χ1v) is 6.51. The minimum Gasteiger partial charge on any atom is -0.330 e. The maximum atomic E-state index is 4.40. The van der Waals surface area contributed by atoms with Crippen molar-refractivity contribution >= 4 is 0 Å². The third-order valence-corrected chi connectivity index (χ3v) is 3.46. The van der Waals surface area contributed by atoms with Crippen molar-refractivity contribution in [3.8, 4) is 0 Å². The van der Waals surface area contributed by atoms with Crippen LogP contribution in [-0.4, -0.2) is 16.6 Å². The van der Waals surface area contributed by atoms with Crippen LogP contribution in [0.1, 0.15) is 37.3 Å². The lowest BCUT2D eigenvalue weighted by molar-refractivity contribution is 0.392. The Bertz CT molecular complexity index is 475. The van der Waals surface area contributed by atoms with E-state index in [0.717, 1.165) is 12.2 Å². The van der Waals surface area contributed by atoms with E-state index >= 15 is 0 Å². The summed E-state index contributed by atoms with van der Waals surface area (Å²) in [6.07, 6.45) is 4.91. The summed E-state index contributed by atoms with van der Waals surface area (Å²) in [6, 6.07) is 11.2. The molecule has 0 bridgehead atoms. The van der Waals surface area contributed by atoms with Gasteiger partial charge in [0.15, 0.2) is 0 Å². The van der Waals surface area contributed by atoms with Crippen LogP contribution in [-0.2, 0) is 6.42 Å². The molecular weight excluding hydrogens is 222 g/mol. The zero-order chi connectivity index (χ0) is 13.0. The molecule has 0 aliphatic carbocycles. The summed E-state index contributed by atoms with van der Waals surface area (Å²) in [5.41, 5.74) is 1.31. The first kappa shape index (κ1) is 12.8. The van der Waals surface area contributed by atoms with Crippen LogP contribution in [0.25, 0.3) is 0 Å². The molecule has 96 valence electrons. The number of imidazole rings is 1. The molecule has 0 aliphatic heterocycles. The third kappa shape index (κ3) is 2.46. The van der Waals surface area contributed by atoms with Crippen LogP contribution >= 0.6 is 0 Å². The summed E-state index contributed by atoms with van der Waals surface area (Å²) in [4.78, 5) is 4.40. The number of aromatic nitrogens is 2. The molecule has 1 heterocycles. The normalized spacial score (nSPS) is 14.4. The van der Waals surface area contributed by atoms with Crippen molar-refractivity contribution in [2.75, 3.05) is 7.05 Å². The number of nitrogens with one attached hydrogen (secondary N) is 1. The maximum absolute atomic E-state index is 4.40. The van der Waals surface area contributed by atoms with E-state index in [0.29, 0.717) is 12.1 Å². The average Bonchev–Trinajstić information content (AvgIpc) is 2.89. The van der Waals surface area contributed by atoms with Crippen molar-refractivity contribution < 1.29 is 0 Å². The molecular formula is C15H21N3. The Morgan fingerprint density at radius 2 is 2.00 bits per heavy atom. The minimum absolute atomic E-state index is 0.297. The van der Waals surface area contributed by atoms with E-state index in [-0.39, 0.29) is 0 Å². The standard InChI is InChI=1S/C15H21N3/c1-4-14-17-10-11-18(14)12(2)15(16-3)13-8-6-5-7-9-13/h5-12,15-16H,4H2,1-3H3. The van der Waals surface area contributed by atoms with E-state index in [2.05, 4.69) is 65.2 Å². The number of rotatable bonds is 5. The van der Waals surface area contributed by atoms with Gasteiger partial charge in [0.05, 0.1) is 12.1 Å². The maximum Gasteiger partial charge on any atom is 0.108 e. The monoisotopic (exact) mass is 243 g/mol. The van der Waals surface area contributed by atoms with Crippen LogP contribution in [0.15, 0.2) is 42.7 Å². The van der Waals surface area contributed by atoms with Crippen LogP contribution < -0.4 is 5.32 Å². The van der Waals surface area contributed by atoms with Crippen LogP contribution in [0.4, 0.5) is 0 Å². The predicted octanol–water partition coefficient (Wildman–Crippen LogP) is 2.97. The smallest absolute Gasteiger partial charge is 0.108 e. The number of nitrogens with zero attached hydrogens (tertiary/aromatic N) is 2. The van der Waals surface area contributed by atoms with Gasteiger partial charge in [-0.05, 0) is 19.5 Å². The molecule has 0 spiro atoms. The van der Waals surface area contributed by atoms with E-state index < -0.39 is 0 Å². The number of hydrogen-bond acceptors (Lipinski definition) is 2. The number of aryl methyl sites for hydroxylation is 1. The number of hydrogen-bond donors (Lipinski definition) is 1. The fraction of sp³-hybridized carbons (Fsp3) is 0.400. The lowest BCUT2D eigenvalue weighted by atomic mass is 10.0. The Labute approximate surface area is 109 Å². The minimum atomic E-state index is 0.297. The second kappa shape index (κ2) is 5.83. The molecule has 1 aromatic heterocycles. The predicted molar refractivity (Wildman–Crippen MR) is 74.6 cm³/mol. The molecule has 2 unspecified atom stereocenters. The highest BCUT2D eigenvalue weighted by Gasteiger charge is 2.20. The van der Waals surface area contributed by atoms with Crippen LogP contribution in [0.5, 0.6) is 0 Å². The Morgan fingerprint density at radius 3 is 2.61 bits per heavy atom. The van der Waals surface area contributed by atoms with E-state index in [1.165, 1.54) is 5.56 Å². The van der Waals surface area contributed by atoms with Gasteiger partial charge in [-0.1, -0.05) is 37.3 Å². The van der Waals surface area contributed by atoms with Gasteiger partial charge in [0.1, 0.15) is 5.82 Å². The van der Waals surface area contributed by atoms with Crippen molar-refractivity contribution in [1.29, 1.82) is 0 Å². The Hall–Kier alpha value is -1.61. The molecule has 2 rings (SSSR count). The van der Waals surface area contributed by atoms with Gasteiger partial charge >= 0.3 is 0 Å². The Balaban J connectivity index is 2.28.